The average Bonchev–Trinajstić information content (AvgIpc) is 2.85. The maximum atomic E-state index is 10.1. The van der Waals surface area contributed by atoms with Gasteiger partial charge in [0.05, 0.1) is 6.10 Å². The quantitative estimate of drug-likeness (QED) is 0.643. The number of fused-ring (bicyclic) bond motifs is 5. The average molecular weight is 316 g/mol. The predicted molar refractivity (Wildman–Crippen MR) is 95.7 cm³/mol. The van der Waals surface area contributed by atoms with Crippen LogP contribution >= 0.6 is 0 Å². The van der Waals surface area contributed by atoms with Crippen molar-refractivity contribution in [1.29, 1.82) is 0 Å². The van der Waals surface area contributed by atoms with E-state index < -0.39 is 0 Å². The van der Waals surface area contributed by atoms with Crippen LogP contribution in [0.1, 0.15) is 72.1 Å². The molecule has 0 unspecified atom stereocenters. The fourth-order valence-corrected chi connectivity index (χ4v) is 7.62. The molecule has 3 saturated carbocycles. The van der Waals surface area contributed by atoms with Crippen LogP contribution in [0.5, 0.6) is 0 Å². The molecule has 0 spiro atoms. The highest BCUT2D eigenvalue weighted by Crippen LogP contribution is 2.67. The lowest BCUT2D eigenvalue weighted by molar-refractivity contribution is -0.0542. The lowest BCUT2D eigenvalue weighted by atomic mass is 9.47. The third-order valence-corrected chi connectivity index (χ3v) is 8.84. The SMILES string of the molecule is [CH2][C@@H](C)[C@H]1CC[C@H]2[C@@H]3CC=C4C[C@@H](O)CC[C@]4(C)[C@H]3CC[C@@]12C. The highest BCUT2D eigenvalue weighted by molar-refractivity contribution is 5.25. The molecule has 0 aromatic rings. The molecule has 0 amide bonds. The van der Waals surface area contributed by atoms with Crippen LogP contribution in [0.25, 0.3) is 0 Å². The minimum absolute atomic E-state index is 0.0809. The maximum absolute atomic E-state index is 10.1. The van der Waals surface area contributed by atoms with Crippen LogP contribution in [0, 0.1) is 47.3 Å². The summed E-state index contributed by atoms with van der Waals surface area (Å²) in [5.41, 5.74) is 2.52. The van der Waals surface area contributed by atoms with E-state index in [0.717, 1.165) is 36.5 Å². The van der Waals surface area contributed by atoms with E-state index in [9.17, 15) is 5.11 Å². The van der Waals surface area contributed by atoms with Gasteiger partial charge in [0.25, 0.3) is 0 Å². The van der Waals surface area contributed by atoms with Gasteiger partial charge in [0, 0.05) is 0 Å². The minimum Gasteiger partial charge on any atom is -0.393 e. The van der Waals surface area contributed by atoms with E-state index in [-0.39, 0.29) is 6.10 Å². The van der Waals surface area contributed by atoms with Gasteiger partial charge in [-0.05, 0) is 91.8 Å². The molecule has 1 nitrogen and oxygen atoms in total. The van der Waals surface area contributed by atoms with Crippen molar-refractivity contribution in [2.24, 2.45) is 40.4 Å². The van der Waals surface area contributed by atoms with Crippen molar-refractivity contribution < 1.29 is 5.11 Å². The Labute approximate surface area is 142 Å². The van der Waals surface area contributed by atoms with Crippen molar-refractivity contribution in [2.45, 2.75) is 78.2 Å². The predicted octanol–water partition coefficient (Wildman–Crippen LogP) is 5.40. The molecule has 23 heavy (non-hydrogen) atoms. The Hall–Kier alpha value is -0.300. The normalized spacial score (nSPS) is 52.6. The van der Waals surface area contributed by atoms with Crippen molar-refractivity contribution in [3.8, 4) is 0 Å². The summed E-state index contributed by atoms with van der Waals surface area (Å²) in [4.78, 5) is 0. The summed E-state index contributed by atoms with van der Waals surface area (Å²) in [7, 11) is 0. The van der Waals surface area contributed by atoms with Crippen LogP contribution in [0.2, 0.25) is 0 Å². The van der Waals surface area contributed by atoms with E-state index in [2.05, 4.69) is 33.8 Å². The van der Waals surface area contributed by atoms with E-state index in [0.29, 0.717) is 16.7 Å². The van der Waals surface area contributed by atoms with Crippen LogP contribution in [-0.4, -0.2) is 11.2 Å². The largest absolute Gasteiger partial charge is 0.393 e. The molecule has 0 aliphatic heterocycles. The Morgan fingerprint density at radius 1 is 1.13 bits per heavy atom. The van der Waals surface area contributed by atoms with Gasteiger partial charge in [0.15, 0.2) is 0 Å². The molecule has 4 aliphatic carbocycles. The molecule has 129 valence electrons. The van der Waals surface area contributed by atoms with Crippen LogP contribution in [0.4, 0.5) is 0 Å². The van der Waals surface area contributed by atoms with Gasteiger partial charge in [-0.1, -0.05) is 39.3 Å². The Morgan fingerprint density at radius 2 is 1.91 bits per heavy atom. The first kappa shape index (κ1) is 16.2. The second kappa shape index (κ2) is 5.35. The van der Waals surface area contributed by atoms with Crippen molar-refractivity contribution in [3.05, 3.63) is 18.6 Å². The molecule has 0 heterocycles. The van der Waals surface area contributed by atoms with Crippen molar-refractivity contribution in [3.63, 3.8) is 0 Å². The molecule has 1 heteroatoms. The van der Waals surface area contributed by atoms with Crippen LogP contribution in [0.15, 0.2) is 11.6 Å². The third kappa shape index (κ3) is 2.21. The summed E-state index contributed by atoms with van der Waals surface area (Å²) in [6.45, 7) is 11.9. The maximum Gasteiger partial charge on any atom is 0.0577 e. The van der Waals surface area contributed by atoms with Crippen molar-refractivity contribution >= 4 is 0 Å². The molecule has 0 saturated heterocycles. The summed E-state index contributed by atoms with van der Waals surface area (Å²) in [6.07, 6.45) is 12.6. The Kier molecular flexibility index (Phi) is 3.76. The number of hydrogen-bond acceptors (Lipinski definition) is 1. The summed E-state index contributed by atoms with van der Waals surface area (Å²) in [5, 5.41) is 10.1. The van der Waals surface area contributed by atoms with E-state index in [1.54, 1.807) is 5.57 Å². The van der Waals surface area contributed by atoms with Crippen LogP contribution in [-0.2, 0) is 0 Å². The molecule has 1 radical (unpaired) electrons. The molecule has 4 aliphatic rings. The van der Waals surface area contributed by atoms with Gasteiger partial charge < -0.3 is 5.11 Å². The van der Waals surface area contributed by atoms with Gasteiger partial charge in [-0.25, -0.2) is 0 Å². The van der Waals surface area contributed by atoms with Crippen LogP contribution < -0.4 is 0 Å². The van der Waals surface area contributed by atoms with Gasteiger partial charge in [-0.2, -0.15) is 0 Å². The molecule has 8 atom stereocenters. The third-order valence-electron chi connectivity index (χ3n) is 8.84. The molecular weight excluding hydrogens is 280 g/mol. The van der Waals surface area contributed by atoms with Gasteiger partial charge in [0.2, 0.25) is 0 Å². The smallest absolute Gasteiger partial charge is 0.0577 e. The number of hydrogen-bond donors (Lipinski definition) is 1. The molecule has 0 aromatic carbocycles. The number of allylic oxidation sites excluding steroid dienone is 1. The lowest BCUT2D eigenvalue weighted by Crippen LogP contribution is -2.50. The zero-order chi connectivity index (χ0) is 16.4. The number of rotatable bonds is 1. The first-order valence-electron chi connectivity index (χ1n) is 10.1. The summed E-state index contributed by atoms with van der Waals surface area (Å²) in [6, 6.07) is 0. The summed E-state index contributed by atoms with van der Waals surface area (Å²) >= 11 is 0. The second-order valence-corrected chi connectivity index (χ2v) is 9.86. The molecule has 0 bridgehead atoms. The van der Waals surface area contributed by atoms with Gasteiger partial charge in [0.1, 0.15) is 0 Å². The molecule has 0 aromatic heterocycles. The topological polar surface area (TPSA) is 20.2 Å². The molecule has 4 rings (SSSR count). The van der Waals surface area contributed by atoms with Crippen molar-refractivity contribution in [1.82, 2.24) is 0 Å². The monoisotopic (exact) mass is 315 g/mol. The Morgan fingerprint density at radius 3 is 2.65 bits per heavy atom. The second-order valence-electron chi connectivity index (χ2n) is 9.86. The van der Waals surface area contributed by atoms with Gasteiger partial charge >= 0.3 is 0 Å². The molecule has 1 N–H and O–H groups in total. The zero-order valence-electron chi connectivity index (χ0n) is 15.4. The van der Waals surface area contributed by atoms with Crippen molar-refractivity contribution in [2.75, 3.05) is 0 Å². The summed E-state index contributed by atoms with van der Waals surface area (Å²) in [5.74, 6) is 4.10. The van der Waals surface area contributed by atoms with E-state index >= 15 is 0 Å². The van der Waals surface area contributed by atoms with E-state index in [1.165, 1.54) is 38.5 Å². The standard InChI is InChI=1S/C22H35O/c1-14(2)18-7-8-19-17-6-5-15-13-16(23)9-11-21(15,3)20(17)10-12-22(18,19)4/h5,14,16-20,23H,1,6-13H2,2-4H3/t14-,16-,17-,18+,19-,20-,21-,22-/m0/s1. The highest BCUT2D eigenvalue weighted by Gasteiger charge is 2.58. The minimum atomic E-state index is -0.0809. The highest BCUT2D eigenvalue weighted by atomic mass is 16.3. The summed E-state index contributed by atoms with van der Waals surface area (Å²) < 4.78 is 0. The first-order valence-corrected chi connectivity index (χ1v) is 10.1. The van der Waals surface area contributed by atoms with E-state index in [1.807, 2.05) is 0 Å². The molecule has 3 fully saturated rings. The first-order chi connectivity index (χ1) is 10.9. The fraction of sp³-hybridized carbons (Fsp3) is 0.864. The van der Waals surface area contributed by atoms with E-state index in [4.69, 9.17) is 0 Å². The number of aliphatic hydroxyl groups excluding tert-OH is 1. The Balaban J connectivity index is 1.65. The zero-order valence-corrected chi connectivity index (χ0v) is 15.4. The fourth-order valence-electron chi connectivity index (χ4n) is 7.62. The van der Waals surface area contributed by atoms with Gasteiger partial charge in [-0.3, -0.25) is 0 Å². The van der Waals surface area contributed by atoms with Gasteiger partial charge in [-0.15, -0.1) is 0 Å². The van der Waals surface area contributed by atoms with Crippen LogP contribution in [0.3, 0.4) is 0 Å². The molecular formula is C22H35O. The Bertz CT molecular complexity index is 506. The number of aliphatic hydroxyl groups is 1. The lowest BCUT2D eigenvalue weighted by Gasteiger charge is -2.58.